The second-order valence-electron chi connectivity index (χ2n) is 5.68. The maximum Gasteiger partial charge on any atom is 0.241 e. The Hall–Kier alpha value is -2.34. The van der Waals surface area contributed by atoms with Crippen LogP contribution in [0.1, 0.15) is 18.1 Å². The predicted molar refractivity (Wildman–Crippen MR) is 90.3 cm³/mol. The first-order chi connectivity index (χ1) is 11.1. The van der Waals surface area contributed by atoms with Gasteiger partial charge in [0.05, 0.1) is 18.5 Å². The van der Waals surface area contributed by atoms with Gasteiger partial charge in [0, 0.05) is 18.8 Å². The summed E-state index contributed by atoms with van der Waals surface area (Å²) in [6, 6.07) is 8.62. The first kappa shape index (κ1) is 17.0. The van der Waals surface area contributed by atoms with Crippen LogP contribution in [0.5, 0.6) is 0 Å². The lowest BCUT2D eigenvalue weighted by Crippen LogP contribution is -2.30. The number of carbonyl (C=O) groups is 1. The number of aromatic nitrogens is 2. The van der Waals surface area contributed by atoms with Gasteiger partial charge in [0.1, 0.15) is 6.54 Å². The zero-order valence-corrected chi connectivity index (χ0v) is 13.6. The lowest BCUT2D eigenvalue weighted by atomic mass is 10.0. The largest absolute Gasteiger partial charge is 0.395 e. The Morgan fingerprint density at radius 1 is 1.39 bits per heavy atom. The summed E-state index contributed by atoms with van der Waals surface area (Å²) in [7, 11) is 0. The highest BCUT2D eigenvalue weighted by Crippen LogP contribution is 2.13. The number of amides is 1. The molecule has 0 saturated heterocycles. The van der Waals surface area contributed by atoms with E-state index in [1.807, 2.05) is 12.3 Å². The Morgan fingerprint density at radius 3 is 2.91 bits per heavy atom. The van der Waals surface area contributed by atoms with Crippen molar-refractivity contribution < 1.29 is 9.90 Å². The van der Waals surface area contributed by atoms with Crippen LogP contribution in [0.2, 0.25) is 0 Å². The minimum absolute atomic E-state index is 0.0614. The molecule has 0 aliphatic carbocycles. The Morgan fingerprint density at radius 2 is 2.17 bits per heavy atom. The smallest absolute Gasteiger partial charge is 0.241 e. The summed E-state index contributed by atoms with van der Waals surface area (Å²) in [5.74, 6) is -0.165. The number of anilines is 1. The van der Waals surface area contributed by atoms with E-state index in [-0.39, 0.29) is 31.6 Å². The van der Waals surface area contributed by atoms with Crippen molar-refractivity contribution in [2.75, 3.05) is 18.5 Å². The summed E-state index contributed by atoms with van der Waals surface area (Å²) in [6.07, 6.45) is 4.45. The molecule has 0 spiro atoms. The van der Waals surface area contributed by atoms with Gasteiger partial charge in [0.25, 0.3) is 0 Å². The van der Waals surface area contributed by atoms with E-state index in [0.717, 1.165) is 12.1 Å². The molecule has 1 unspecified atom stereocenters. The van der Waals surface area contributed by atoms with Crippen LogP contribution in [-0.2, 0) is 17.8 Å². The maximum atomic E-state index is 11.6. The third kappa shape index (κ3) is 5.41. The molecule has 1 amide bonds. The second kappa shape index (κ2) is 8.33. The second-order valence-corrected chi connectivity index (χ2v) is 5.68. The molecule has 124 valence electrons. The van der Waals surface area contributed by atoms with Gasteiger partial charge < -0.3 is 15.7 Å². The number of aliphatic hydroxyl groups is 1. The van der Waals surface area contributed by atoms with E-state index >= 15 is 0 Å². The normalized spacial score (nSPS) is 12.0. The van der Waals surface area contributed by atoms with Gasteiger partial charge in [-0.25, -0.2) is 0 Å². The summed E-state index contributed by atoms with van der Waals surface area (Å²) in [5.41, 5.74) is 3.50. The van der Waals surface area contributed by atoms with Gasteiger partial charge in [-0.05, 0) is 31.4 Å². The van der Waals surface area contributed by atoms with Crippen LogP contribution in [0.25, 0.3) is 0 Å². The monoisotopic (exact) mass is 316 g/mol. The number of aryl methyl sites for hydroxylation is 1. The molecule has 1 heterocycles. The summed E-state index contributed by atoms with van der Waals surface area (Å²) in [4.78, 5) is 11.6. The minimum Gasteiger partial charge on any atom is -0.395 e. The first-order valence-electron chi connectivity index (χ1n) is 7.79. The van der Waals surface area contributed by atoms with Gasteiger partial charge in [0.15, 0.2) is 0 Å². The fraction of sp³-hybridized carbons (Fsp3) is 0.412. The van der Waals surface area contributed by atoms with Gasteiger partial charge >= 0.3 is 0 Å². The van der Waals surface area contributed by atoms with Crippen LogP contribution in [-0.4, -0.2) is 40.0 Å². The standard InChI is InChI=1S/C17H24N4O2/c1-13-5-3-4-6-15(13)9-14(2)20-16-10-19-21(11-16)12-17(23)18-7-8-22/h3-6,10-11,14,20,22H,7-9,12H2,1-2H3,(H,18,23). The van der Waals surface area contributed by atoms with E-state index in [2.05, 4.69) is 47.8 Å². The molecule has 0 bridgehead atoms. The lowest BCUT2D eigenvalue weighted by Gasteiger charge is -2.15. The fourth-order valence-corrected chi connectivity index (χ4v) is 2.43. The van der Waals surface area contributed by atoms with Gasteiger partial charge in [-0.2, -0.15) is 5.10 Å². The van der Waals surface area contributed by atoms with Crippen molar-refractivity contribution in [2.24, 2.45) is 0 Å². The Balaban J connectivity index is 1.86. The zero-order chi connectivity index (χ0) is 16.7. The quantitative estimate of drug-likeness (QED) is 0.687. The maximum absolute atomic E-state index is 11.6. The van der Waals surface area contributed by atoms with Crippen LogP contribution in [0.3, 0.4) is 0 Å². The summed E-state index contributed by atoms with van der Waals surface area (Å²) in [5, 5.41) is 18.8. The number of nitrogens with zero attached hydrogens (tertiary/aromatic N) is 2. The average molecular weight is 316 g/mol. The molecule has 0 aliphatic heterocycles. The minimum atomic E-state index is -0.165. The fourth-order valence-electron chi connectivity index (χ4n) is 2.43. The molecule has 2 aromatic rings. The summed E-state index contributed by atoms with van der Waals surface area (Å²) < 4.78 is 1.58. The number of hydrogen-bond donors (Lipinski definition) is 3. The number of hydrogen-bond acceptors (Lipinski definition) is 4. The van der Waals surface area contributed by atoms with E-state index in [0.29, 0.717) is 0 Å². The highest BCUT2D eigenvalue weighted by atomic mass is 16.3. The molecule has 3 N–H and O–H groups in total. The van der Waals surface area contributed by atoms with E-state index in [1.54, 1.807) is 10.9 Å². The van der Waals surface area contributed by atoms with E-state index in [4.69, 9.17) is 5.11 Å². The van der Waals surface area contributed by atoms with Gasteiger partial charge in [-0.1, -0.05) is 24.3 Å². The highest BCUT2D eigenvalue weighted by molar-refractivity contribution is 5.75. The molecule has 23 heavy (non-hydrogen) atoms. The van der Waals surface area contributed by atoms with Gasteiger partial charge in [0.2, 0.25) is 5.91 Å². The van der Waals surface area contributed by atoms with Crippen molar-refractivity contribution >= 4 is 11.6 Å². The average Bonchev–Trinajstić information content (AvgIpc) is 2.94. The molecule has 2 rings (SSSR count). The van der Waals surface area contributed by atoms with E-state index in [1.165, 1.54) is 11.1 Å². The molecule has 1 aromatic heterocycles. The van der Waals surface area contributed by atoms with Crippen molar-refractivity contribution in [3.05, 3.63) is 47.8 Å². The number of rotatable bonds is 8. The number of nitrogens with one attached hydrogen (secondary N) is 2. The molecule has 0 radical (unpaired) electrons. The molecule has 6 nitrogen and oxygen atoms in total. The molecule has 0 aliphatic rings. The van der Waals surface area contributed by atoms with Crippen molar-refractivity contribution in [1.29, 1.82) is 0 Å². The lowest BCUT2D eigenvalue weighted by molar-refractivity contribution is -0.122. The number of carbonyl (C=O) groups excluding carboxylic acids is 1. The first-order valence-corrected chi connectivity index (χ1v) is 7.79. The third-order valence-electron chi connectivity index (χ3n) is 3.57. The predicted octanol–water partition coefficient (Wildman–Crippen LogP) is 1.34. The third-order valence-corrected chi connectivity index (χ3v) is 3.57. The molecule has 0 saturated carbocycles. The van der Waals surface area contributed by atoms with Crippen LogP contribution >= 0.6 is 0 Å². The van der Waals surface area contributed by atoms with Crippen LogP contribution in [0, 0.1) is 6.92 Å². The molecular formula is C17H24N4O2. The molecular weight excluding hydrogens is 292 g/mol. The Labute approximate surface area is 136 Å². The molecule has 0 fully saturated rings. The van der Waals surface area contributed by atoms with E-state index < -0.39 is 0 Å². The highest BCUT2D eigenvalue weighted by Gasteiger charge is 2.08. The van der Waals surface area contributed by atoms with E-state index in [9.17, 15) is 4.79 Å². The molecule has 6 heteroatoms. The Kier molecular flexibility index (Phi) is 6.17. The summed E-state index contributed by atoms with van der Waals surface area (Å²) >= 11 is 0. The molecule has 1 atom stereocenters. The van der Waals surface area contributed by atoms with Crippen LogP contribution < -0.4 is 10.6 Å². The zero-order valence-electron chi connectivity index (χ0n) is 13.6. The van der Waals surface area contributed by atoms with Crippen LogP contribution in [0.4, 0.5) is 5.69 Å². The van der Waals surface area contributed by atoms with Crippen molar-refractivity contribution in [3.63, 3.8) is 0 Å². The Bertz CT molecular complexity index is 639. The van der Waals surface area contributed by atoms with Crippen molar-refractivity contribution in [3.8, 4) is 0 Å². The van der Waals surface area contributed by atoms with Gasteiger partial charge in [-0.3, -0.25) is 9.48 Å². The van der Waals surface area contributed by atoms with Gasteiger partial charge in [-0.15, -0.1) is 0 Å². The molecule has 1 aromatic carbocycles. The SMILES string of the molecule is Cc1ccccc1CC(C)Nc1cnn(CC(=O)NCCO)c1. The number of aliphatic hydroxyl groups excluding tert-OH is 1. The van der Waals surface area contributed by atoms with Crippen LogP contribution in [0.15, 0.2) is 36.7 Å². The topological polar surface area (TPSA) is 79.2 Å². The summed E-state index contributed by atoms with van der Waals surface area (Å²) in [6.45, 7) is 4.59. The number of benzene rings is 1. The van der Waals surface area contributed by atoms with Crippen molar-refractivity contribution in [2.45, 2.75) is 32.9 Å². The van der Waals surface area contributed by atoms with Crippen molar-refractivity contribution in [1.82, 2.24) is 15.1 Å².